The molecule has 11 rings (SSSR count). The van der Waals surface area contributed by atoms with Crippen molar-refractivity contribution in [2.24, 2.45) is 0 Å². The summed E-state index contributed by atoms with van der Waals surface area (Å²) < 4.78 is 21.5. The van der Waals surface area contributed by atoms with Gasteiger partial charge < -0.3 is 18.5 Å². The lowest BCUT2D eigenvalue weighted by Crippen LogP contribution is -2.29. The second kappa shape index (κ2) is 12.0. The smallest absolute Gasteiger partial charge is 0.223 e. The summed E-state index contributed by atoms with van der Waals surface area (Å²) in [6.07, 6.45) is 0. The van der Waals surface area contributed by atoms with Crippen molar-refractivity contribution in [3.8, 4) is 51.0 Å². The van der Waals surface area contributed by atoms with Crippen molar-refractivity contribution in [1.82, 2.24) is 19.5 Å². The van der Waals surface area contributed by atoms with Crippen LogP contribution in [0.1, 0.15) is 11.1 Å². The van der Waals surface area contributed by atoms with Crippen LogP contribution in [0.4, 0.5) is 0 Å². The van der Waals surface area contributed by atoms with Crippen LogP contribution in [0.5, 0.6) is 0 Å². The lowest BCUT2D eigenvalue weighted by atomic mass is 10.0. The molecule has 10 aromatic rings. The molecule has 1 aliphatic carbocycles. The fourth-order valence-electron chi connectivity index (χ4n) is 8.48. The highest BCUT2D eigenvalue weighted by atomic mass is 16.7. The maximum atomic E-state index is 6.74. The quantitative estimate of drug-likeness (QED) is 0.160. The van der Waals surface area contributed by atoms with E-state index < -0.39 is 5.79 Å². The number of aromatic nitrogens is 4. The highest BCUT2D eigenvalue weighted by Gasteiger charge is 2.45. The first-order valence-electron chi connectivity index (χ1n) is 18.3. The van der Waals surface area contributed by atoms with E-state index >= 15 is 0 Å². The molecule has 7 heteroatoms. The Kier molecular flexibility index (Phi) is 6.92. The van der Waals surface area contributed by atoms with Crippen LogP contribution >= 0.6 is 0 Å². The first-order chi connectivity index (χ1) is 27.1. The van der Waals surface area contributed by atoms with E-state index in [-0.39, 0.29) is 0 Å². The molecule has 0 bridgehead atoms. The van der Waals surface area contributed by atoms with Gasteiger partial charge in [0, 0.05) is 69.3 Å². The van der Waals surface area contributed by atoms with Gasteiger partial charge in [0.2, 0.25) is 5.79 Å². The molecular weight excluding hydrogens is 681 g/mol. The average Bonchev–Trinajstić information content (AvgIpc) is 3.89. The Labute approximate surface area is 316 Å². The SMILES string of the molecule is COC1(OC)c2ccccc2-c2cc3c(cc21)c1ccc2c4ccccc4oc2c1n3-c1cccc(-c2nc(-c3ccccc3)nc(-c3ccccc3)n2)c1. The summed E-state index contributed by atoms with van der Waals surface area (Å²) in [4.78, 5) is 15.0. The van der Waals surface area contributed by atoms with Gasteiger partial charge in [-0.25, -0.2) is 15.0 Å². The van der Waals surface area contributed by atoms with Gasteiger partial charge in [-0.3, -0.25) is 0 Å². The van der Waals surface area contributed by atoms with Gasteiger partial charge in [-0.15, -0.1) is 0 Å². The largest absolute Gasteiger partial charge is 0.454 e. The molecule has 0 N–H and O–H groups in total. The maximum Gasteiger partial charge on any atom is 0.223 e. The van der Waals surface area contributed by atoms with Crippen LogP contribution in [0.2, 0.25) is 0 Å². The van der Waals surface area contributed by atoms with Crippen LogP contribution in [0.3, 0.4) is 0 Å². The summed E-state index contributed by atoms with van der Waals surface area (Å²) >= 11 is 0. The van der Waals surface area contributed by atoms with Gasteiger partial charge in [-0.1, -0.05) is 121 Å². The Bertz CT molecular complexity index is 3070. The van der Waals surface area contributed by atoms with E-state index in [1.54, 1.807) is 14.2 Å². The van der Waals surface area contributed by atoms with E-state index in [2.05, 4.69) is 83.4 Å². The zero-order valence-corrected chi connectivity index (χ0v) is 30.0. The number of benzene rings is 7. The molecule has 55 heavy (non-hydrogen) atoms. The molecule has 0 aliphatic heterocycles. The number of ether oxygens (including phenoxy) is 2. The summed E-state index contributed by atoms with van der Waals surface area (Å²) in [6, 6.07) is 54.0. The molecule has 3 heterocycles. The van der Waals surface area contributed by atoms with Gasteiger partial charge in [0.05, 0.1) is 11.0 Å². The van der Waals surface area contributed by atoms with Gasteiger partial charge in [-0.05, 0) is 47.5 Å². The number of furan rings is 1. The van der Waals surface area contributed by atoms with Crippen molar-refractivity contribution < 1.29 is 13.9 Å². The second-order valence-corrected chi connectivity index (χ2v) is 13.8. The van der Waals surface area contributed by atoms with Crippen LogP contribution in [0, 0.1) is 0 Å². The topological polar surface area (TPSA) is 75.2 Å². The minimum atomic E-state index is -1.04. The normalized spacial score (nSPS) is 13.2. The van der Waals surface area contributed by atoms with Gasteiger partial charge in [0.15, 0.2) is 23.1 Å². The molecule has 0 saturated carbocycles. The molecule has 0 spiro atoms. The van der Waals surface area contributed by atoms with Crippen LogP contribution in [0.15, 0.2) is 162 Å². The van der Waals surface area contributed by atoms with Crippen molar-refractivity contribution in [2.45, 2.75) is 5.79 Å². The van der Waals surface area contributed by atoms with E-state index in [0.717, 1.165) is 88.4 Å². The second-order valence-electron chi connectivity index (χ2n) is 13.8. The molecule has 0 radical (unpaired) electrons. The number of hydrogen-bond acceptors (Lipinski definition) is 6. The molecule has 0 amide bonds. The first kappa shape index (κ1) is 31.6. The third-order valence-corrected chi connectivity index (χ3v) is 11.0. The standard InChI is InChI=1S/C48H32N4O3/c1-53-48(54-2)39-22-11-9-20-33(39)37-28-41-38(27-40(37)48)35-24-25-36-34-21-10-12-23-42(34)55-44(36)43(35)52(41)32-19-13-18-31(26-32)47-50-45(29-14-5-3-6-15-29)49-46(51-47)30-16-7-4-8-17-30/h3-28H,1-2H3. The van der Waals surface area contributed by atoms with Gasteiger partial charge in [0.1, 0.15) is 5.58 Å². The Morgan fingerprint density at radius 3 is 1.84 bits per heavy atom. The van der Waals surface area contributed by atoms with Gasteiger partial charge >= 0.3 is 0 Å². The van der Waals surface area contributed by atoms with Crippen LogP contribution in [-0.2, 0) is 15.3 Å². The fraction of sp³-hybridized carbons (Fsp3) is 0.0625. The predicted octanol–water partition coefficient (Wildman–Crippen LogP) is 11.3. The number of para-hydroxylation sites is 1. The molecule has 0 atom stereocenters. The third-order valence-electron chi connectivity index (χ3n) is 11.0. The molecular formula is C48H32N4O3. The number of fused-ring (bicyclic) bond motifs is 10. The van der Waals surface area contributed by atoms with Crippen molar-refractivity contribution >= 4 is 43.7 Å². The number of hydrogen-bond donors (Lipinski definition) is 0. The van der Waals surface area contributed by atoms with E-state index in [1.165, 1.54) is 0 Å². The molecule has 262 valence electrons. The van der Waals surface area contributed by atoms with Crippen molar-refractivity contribution in [1.29, 1.82) is 0 Å². The third kappa shape index (κ3) is 4.61. The van der Waals surface area contributed by atoms with Crippen LogP contribution in [-0.4, -0.2) is 33.7 Å². The summed E-state index contributed by atoms with van der Waals surface area (Å²) in [7, 11) is 3.42. The summed E-state index contributed by atoms with van der Waals surface area (Å²) in [5, 5.41) is 4.25. The number of rotatable bonds is 6. The number of nitrogens with zero attached hydrogens (tertiary/aromatic N) is 4. The predicted molar refractivity (Wildman–Crippen MR) is 218 cm³/mol. The summed E-state index contributed by atoms with van der Waals surface area (Å²) in [5.74, 6) is 0.780. The fourth-order valence-corrected chi connectivity index (χ4v) is 8.48. The van der Waals surface area contributed by atoms with Gasteiger partial charge in [0.25, 0.3) is 0 Å². The highest BCUT2D eigenvalue weighted by molar-refractivity contribution is 6.22. The molecule has 0 fully saturated rings. The Morgan fingerprint density at radius 2 is 1.11 bits per heavy atom. The van der Waals surface area contributed by atoms with E-state index in [0.29, 0.717) is 17.5 Å². The average molecular weight is 713 g/mol. The molecule has 1 aliphatic rings. The first-order valence-corrected chi connectivity index (χ1v) is 18.3. The maximum absolute atomic E-state index is 6.74. The number of methoxy groups -OCH3 is 2. The monoisotopic (exact) mass is 712 g/mol. The summed E-state index contributed by atoms with van der Waals surface area (Å²) in [6.45, 7) is 0. The minimum Gasteiger partial charge on any atom is -0.454 e. The summed E-state index contributed by atoms with van der Waals surface area (Å²) in [5.41, 5.74) is 11.4. The van der Waals surface area contributed by atoms with Gasteiger partial charge in [-0.2, -0.15) is 0 Å². The van der Waals surface area contributed by atoms with Crippen molar-refractivity contribution in [3.05, 3.63) is 169 Å². The Hall–Kier alpha value is -6.93. The lowest BCUT2D eigenvalue weighted by Gasteiger charge is -2.28. The Morgan fingerprint density at radius 1 is 0.491 bits per heavy atom. The molecule has 0 unspecified atom stereocenters. The van der Waals surface area contributed by atoms with Crippen LogP contribution in [0.25, 0.3) is 94.7 Å². The zero-order valence-electron chi connectivity index (χ0n) is 30.0. The molecule has 0 saturated heterocycles. The van der Waals surface area contributed by atoms with E-state index in [4.69, 9.17) is 28.8 Å². The lowest BCUT2D eigenvalue weighted by molar-refractivity contribution is -0.180. The van der Waals surface area contributed by atoms with E-state index in [9.17, 15) is 0 Å². The highest BCUT2D eigenvalue weighted by Crippen LogP contribution is 2.52. The van der Waals surface area contributed by atoms with Crippen molar-refractivity contribution in [2.75, 3.05) is 14.2 Å². The van der Waals surface area contributed by atoms with Crippen LogP contribution < -0.4 is 0 Å². The molecule has 7 aromatic carbocycles. The zero-order chi connectivity index (χ0) is 36.7. The molecule has 7 nitrogen and oxygen atoms in total. The van der Waals surface area contributed by atoms with E-state index in [1.807, 2.05) is 78.9 Å². The molecule has 3 aromatic heterocycles. The van der Waals surface area contributed by atoms with Crippen molar-refractivity contribution in [3.63, 3.8) is 0 Å². The minimum absolute atomic E-state index is 0.587. The Balaban J connectivity index is 1.21.